The van der Waals surface area contributed by atoms with E-state index in [9.17, 15) is 25.9 Å². The third kappa shape index (κ3) is 4.49. The summed E-state index contributed by atoms with van der Waals surface area (Å²) in [5.74, 6) is -1.24. The molecule has 0 unspecified atom stereocenters. The van der Waals surface area contributed by atoms with E-state index < -0.39 is 31.7 Å². The number of pyridine rings is 1. The van der Waals surface area contributed by atoms with E-state index >= 15 is 0 Å². The van der Waals surface area contributed by atoms with Gasteiger partial charge in [-0.3, -0.25) is 0 Å². The molecule has 0 fully saturated rings. The molecule has 0 bridgehead atoms. The molecule has 0 amide bonds. The van der Waals surface area contributed by atoms with Crippen molar-refractivity contribution < 1.29 is 25.9 Å². The van der Waals surface area contributed by atoms with Crippen LogP contribution in [0.5, 0.6) is 0 Å². The second-order valence-electron chi connectivity index (χ2n) is 6.96. The van der Waals surface area contributed by atoms with E-state index in [1.54, 1.807) is 42.5 Å². The Labute approximate surface area is 173 Å². The lowest BCUT2D eigenvalue weighted by Crippen LogP contribution is -2.02. The minimum atomic E-state index is -4.45. The van der Waals surface area contributed by atoms with Crippen LogP contribution >= 0.6 is 0 Å². The van der Waals surface area contributed by atoms with Crippen molar-refractivity contribution in [1.29, 1.82) is 0 Å². The molecule has 1 heterocycles. The van der Waals surface area contributed by atoms with Gasteiger partial charge in [-0.15, -0.1) is 0 Å². The highest BCUT2D eigenvalue weighted by molar-refractivity contribution is 7.85. The molecule has 0 N–H and O–H groups in total. The van der Waals surface area contributed by atoms with Gasteiger partial charge in [-0.1, -0.05) is 54.6 Å². The fourth-order valence-corrected chi connectivity index (χ4v) is 4.67. The van der Waals surface area contributed by atoms with Crippen molar-refractivity contribution in [3.8, 4) is 11.3 Å². The summed E-state index contributed by atoms with van der Waals surface area (Å²) in [6.45, 7) is 0. The van der Waals surface area contributed by atoms with E-state index in [1.807, 2.05) is 24.3 Å². The van der Waals surface area contributed by atoms with Crippen molar-refractivity contribution in [3.05, 3.63) is 77.9 Å². The molecule has 0 saturated heterocycles. The Morgan fingerprint density at radius 1 is 0.667 bits per heavy atom. The predicted molar refractivity (Wildman–Crippen MR) is 111 cm³/mol. The van der Waals surface area contributed by atoms with Gasteiger partial charge in [0, 0.05) is 16.3 Å². The monoisotopic (exact) mass is 441 g/mol. The summed E-state index contributed by atoms with van der Waals surface area (Å²) in [7, 11) is -8.84. The summed E-state index contributed by atoms with van der Waals surface area (Å²) >= 11 is 0. The summed E-state index contributed by atoms with van der Waals surface area (Å²) in [5.41, 5.74) is 2.67. The molecule has 4 aromatic rings. The first kappa shape index (κ1) is 20.4. The molecule has 0 spiro atoms. The number of fused-ring (bicyclic) bond motifs is 3. The minimum absolute atomic E-state index is 0.352. The van der Waals surface area contributed by atoms with Crippen molar-refractivity contribution in [2.75, 3.05) is 0 Å². The summed E-state index contributed by atoms with van der Waals surface area (Å²) in [6.07, 6.45) is 0. The van der Waals surface area contributed by atoms with Gasteiger partial charge in [-0.05, 0) is 28.6 Å². The van der Waals surface area contributed by atoms with Gasteiger partial charge in [0.1, 0.15) is 0 Å². The maximum atomic E-state index is 11.2. The van der Waals surface area contributed by atoms with Crippen molar-refractivity contribution >= 4 is 41.9 Å². The van der Waals surface area contributed by atoms with Crippen molar-refractivity contribution in [1.82, 2.24) is 4.98 Å². The quantitative estimate of drug-likeness (QED) is 0.344. The molecular formula is C21H15NO6S2-2. The third-order valence-corrected chi connectivity index (χ3v) is 6.05. The van der Waals surface area contributed by atoms with Crippen LogP contribution in [0.4, 0.5) is 0 Å². The van der Waals surface area contributed by atoms with Crippen LogP contribution in [0.3, 0.4) is 0 Å². The maximum Gasteiger partial charge on any atom is 0.0988 e. The molecule has 0 aliphatic carbocycles. The molecule has 0 atom stereocenters. The zero-order valence-corrected chi connectivity index (χ0v) is 17.1. The number of benzene rings is 3. The molecule has 7 nitrogen and oxygen atoms in total. The standard InChI is InChI=1S/C21H17NO6S2/c23-29(24,25)12-14-5-8-16(9-6-14)21-19-11-15(13-30(26,27)28)7-10-17(19)18-3-1-2-4-20(18)22-21/h1-11H,12-13H2,(H,23,24,25)(H,26,27,28)/p-2. The Hall–Kier alpha value is -2.85. The third-order valence-electron chi connectivity index (χ3n) is 4.68. The summed E-state index contributed by atoms with van der Waals surface area (Å²) in [5, 5.41) is 2.38. The van der Waals surface area contributed by atoms with Gasteiger partial charge in [-0.25, -0.2) is 21.8 Å². The van der Waals surface area contributed by atoms with E-state index in [1.165, 1.54) is 0 Å². The van der Waals surface area contributed by atoms with E-state index in [0.717, 1.165) is 16.3 Å². The van der Waals surface area contributed by atoms with Crippen LogP contribution in [0.2, 0.25) is 0 Å². The topological polar surface area (TPSA) is 127 Å². The molecule has 1 aromatic heterocycles. The first-order chi connectivity index (χ1) is 14.1. The van der Waals surface area contributed by atoms with E-state index in [-0.39, 0.29) is 0 Å². The summed E-state index contributed by atoms with van der Waals surface area (Å²) in [4.78, 5) is 4.71. The molecule has 3 aromatic carbocycles. The molecule has 0 saturated carbocycles. The average Bonchev–Trinajstić information content (AvgIpc) is 2.65. The Morgan fingerprint density at radius 3 is 1.93 bits per heavy atom. The van der Waals surface area contributed by atoms with Crippen LogP contribution in [0.1, 0.15) is 11.1 Å². The first-order valence-corrected chi connectivity index (χ1v) is 12.0. The second kappa shape index (κ2) is 7.44. The molecule has 30 heavy (non-hydrogen) atoms. The van der Waals surface area contributed by atoms with Gasteiger partial charge in [0.25, 0.3) is 0 Å². The molecule has 0 aliphatic heterocycles. The van der Waals surface area contributed by atoms with Crippen molar-refractivity contribution in [3.63, 3.8) is 0 Å². The molecular weight excluding hydrogens is 426 g/mol. The van der Waals surface area contributed by atoms with Gasteiger partial charge in [-0.2, -0.15) is 0 Å². The number of nitrogens with zero attached hydrogens (tertiary/aromatic N) is 1. The van der Waals surface area contributed by atoms with Gasteiger partial charge in [0.05, 0.1) is 43.0 Å². The summed E-state index contributed by atoms with van der Waals surface area (Å²) in [6, 6.07) is 18.9. The highest BCUT2D eigenvalue weighted by Gasteiger charge is 2.12. The molecule has 9 heteroatoms. The number of aromatic nitrogens is 1. The minimum Gasteiger partial charge on any atom is -0.748 e. The first-order valence-electron chi connectivity index (χ1n) is 8.87. The van der Waals surface area contributed by atoms with Crippen molar-refractivity contribution in [2.45, 2.75) is 11.5 Å². The van der Waals surface area contributed by atoms with Crippen LogP contribution in [0.15, 0.2) is 66.7 Å². The number of rotatable bonds is 5. The lowest BCUT2D eigenvalue weighted by Gasteiger charge is -2.13. The fourth-order valence-electron chi connectivity index (χ4n) is 3.48. The molecule has 0 radical (unpaired) electrons. The normalized spacial score (nSPS) is 12.5. The van der Waals surface area contributed by atoms with Crippen LogP contribution in [-0.2, 0) is 31.7 Å². The van der Waals surface area contributed by atoms with E-state index in [4.69, 9.17) is 4.98 Å². The van der Waals surface area contributed by atoms with Crippen LogP contribution in [-0.4, -0.2) is 30.9 Å². The highest BCUT2D eigenvalue weighted by Crippen LogP contribution is 2.33. The van der Waals surface area contributed by atoms with Crippen LogP contribution < -0.4 is 0 Å². The SMILES string of the molecule is O=S(=O)([O-])Cc1ccc(-c2nc3ccccc3c3ccc(CS(=O)(=O)[O-])cc23)cc1. The zero-order chi connectivity index (χ0) is 21.5. The number of hydrogen-bond donors (Lipinski definition) is 0. The smallest absolute Gasteiger partial charge is 0.0988 e. The largest absolute Gasteiger partial charge is 0.748 e. The van der Waals surface area contributed by atoms with Gasteiger partial charge in [0.2, 0.25) is 0 Å². The highest BCUT2D eigenvalue weighted by atomic mass is 32.2. The number of hydrogen-bond acceptors (Lipinski definition) is 7. The van der Waals surface area contributed by atoms with Gasteiger partial charge < -0.3 is 9.11 Å². The van der Waals surface area contributed by atoms with E-state index in [0.29, 0.717) is 27.8 Å². The fraction of sp³-hybridized carbons (Fsp3) is 0.0952. The molecule has 0 aliphatic rings. The Bertz CT molecular complexity index is 1480. The van der Waals surface area contributed by atoms with E-state index in [2.05, 4.69) is 0 Å². The Morgan fingerprint density at radius 2 is 1.27 bits per heavy atom. The zero-order valence-electron chi connectivity index (χ0n) is 15.5. The Balaban J connectivity index is 1.93. The Kier molecular flexibility index (Phi) is 5.07. The average molecular weight is 441 g/mol. The predicted octanol–water partition coefficient (Wildman–Crippen LogP) is 3.15. The molecule has 4 rings (SSSR count). The number of para-hydroxylation sites is 1. The maximum absolute atomic E-state index is 11.2. The lowest BCUT2D eigenvalue weighted by molar-refractivity contribution is 0.459. The van der Waals surface area contributed by atoms with Crippen LogP contribution in [0, 0.1) is 0 Å². The van der Waals surface area contributed by atoms with Gasteiger partial charge >= 0.3 is 0 Å². The summed E-state index contributed by atoms with van der Waals surface area (Å²) < 4.78 is 66.6. The van der Waals surface area contributed by atoms with Crippen LogP contribution in [0.25, 0.3) is 32.9 Å². The van der Waals surface area contributed by atoms with Crippen molar-refractivity contribution in [2.24, 2.45) is 0 Å². The lowest BCUT2D eigenvalue weighted by atomic mass is 9.98. The second-order valence-corrected chi connectivity index (χ2v) is 9.77. The molecule has 154 valence electrons. The van der Waals surface area contributed by atoms with Gasteiger partial charge in [0.15, 0.2) is 0 Å².